The lowest BCUT2D eigenvalue weighted by Gasteiger charge is -2.24. The summed E-state index contributed by atoms with van der Waals surface area (Å²) in [6.45, 7) is 3.60. The largest absolute Gasteiger partial charge is 0.508 e. The third-order valence-corrected chi connectivity index (χ3v) is 3.18. The number of aromatic hydroxyl groups is 1. The summed E-state index contributed by atoms with van der Waals surface area (Å²) in [6.07, 6.45) is 2.10. The topological polar surface area (TPSA) is 61.4 Å². The lowest BCUT2D eigenvalue weighted by atomic mass is 10.0. The van der Waals surface area contributed by atoms with Crippen molar-refractivity contribution in [3.8, 4) is 5.75 Å². The molecule has 0 aromatic heterocycles. The van der Waals surface area contributed by atoms with Crippen LogP contribution in [0, 0.1) is 6.92 Å². The molecule has 0 aliphatic carbocycles. The van der Waals surface area contributed by atoms with Gasteiger partial charge in [-0.2, -0.15) is 0 Å². The van der Waals surface area contributed by atoms with Gasteiger partial charge in [0.1, 0.15) is 5.75 Å². The van der Waals surface area contributed by atoms with Crippen LogP contribution >= 0.6 is 0 Å². The molecule has 1 amide bonds. The van der Waals surface area contributed by atoms with Gasteiger partial charge in [0.25, 0.3) is 5.91 Å². The normalized spacial score (nSPS) is 19.9. The minimum atomic E-state index is -0.105. The van der Waals surface area contributed by atoms with Crippen molar-refractivity contribution in [2.24, 2.45) is 0 Å². The fourth-order valence-corrected chi connectivity index (χ4v) is 2.11. The molecule has 3 N–H and O–H groups in total. The zero-order valence-corrected chi connectivity index (χ0v) is 9.99. The molecule has 0 radical (unpaired) electrons. The van der Waals surface area contributed by atoms with E-state index in [4.69, 9.17) is 0 Å². The highest BCUT2D eigenvalue weighted by molar-refractivity contribution is 5.96. The zero-order valence-electron chi connectivity index (χ0n) is 9.99. The van der Waals surface area contributed by atoms with Gasteiger partial charge in [0.2, 0.25) is 0 Å². The molecule has 1 heterocycles. The van der Waals surface area contributed by atoms with E-state index in [0.29, 0.717) is 11.1 Å². The number of rotatable bonds is 2. The molecule has 0 unspecified atom stereocenters. The second-order valence-electron chi connectivity index (χ2n) is 4.47. The maximum absolute atomic E-state index is 12.0. The molecule has 0 spiro atoms. The van der Waals surface area contributed by atoms with Crippen molar-refractivity contribution in [1.82, 2.24) is 10.6 Å². The van der Waals surface area contributed by atoms with Gasteiger partial charge >= 0.3 is 0 Å². The third kappa shape index (κ3) is 2.77. The van der Waals surface area contributed by atoms with Crippen molar-refractivity contribution in [2.45, 2.75) is 25.8 Å². The molecule has 1 saturated heterocycles. The predicted octanol–water partition coefficient (Wildman–Crippen LogP) is 1.18. The van der Waals surface area contributed by atoms with Crippen LogP contribution < -0.4 is 10.6 Å². The van der Waals surface area contributed by atoms with Crippen molar-refractivity contribution in [3.05, 3.63) is 29.3 Å². The fraction of sp³-hybridized carbons (Fsp3) is 0.462. The Hall–Kier alpha value is -1.55. The minimum Gasteiger partial charge on any atom is -0.508 e. The van der Waals surface area contributed by atoms with Gasteiger partial charge in [-0.05, 0) is 38.4 Å². The maximum atomic E-state index is 12.0. The Balaban J connectivity index is 2.06. The van der Waals surface area contributed by atoms with E-state index in [1.165, 1.54) is 0 Å². The quantitative estimate of drug-likeness (QED) is 0.720. The predicted molar refractivity (Wildman–Crippen MR) is 66.2 cm³/mol. The number of hydrogen-bond donors (Lipinski definition) is 3. The van der Waals surface area contributed by atoms with Crippen LogP contribution in [0.25, 0.3) is 0 Å². The van der Waals surface area contributed by atoms with Crippen molar-refractivity contribution in [2.75, 3.05) is 13.1 Å². The van der Waals surface area contributed by atoms with Crippen LogP contribution in [-0.2, 0) is 0 Å². The summed E-state index contributed by atoms with van der Waals surface area (Å²) in [4.78, 5) is 12.0. The Kier molecular flexibility index (Phi) is 3.64. The first-order valence-corrected chi connectivity index (χ1v) is 5.98. The molecule has 2 rings (SSSR count). The average Bonchev–Trinajstić information content (AvgIpc) is 2.34. The van der Waals surface area contributed by atoms with Gasteiger partial charge in [-0.3, -0.25) is 4.79 Å². The smallest absolute Gasteiger partial charge is 0.251 e. The minimum absolute atomic E-state index is 0.105. The van der Waals surface area contributed by atoms with E-state index < -0.39 is 0 Å². The number of carbonyl (C=O) groups is 1. The molecule has 0 saturated carbocycles. The zero-order chi connectivity index (χ0) is 12.3. The number of nitrogens with one attached hydrogen (secondary N) is 2. The monoisotopic (exact) mass is 234 g/mol. The molecule has 4 nitrogen and oxygen atoms in total. The highest BCUT2D eigenvalue weighted by Crippen LogP contribution is 2.19. The average molecular weight is 234 g/mol. The van der Waals surface area contributed by atoms with Crippen molar-refractivity contribution < 1.29 is 9.90 Å². The van der Waals surface area contributed by atoms with Gasteiger partial charge in [0.05, 0.1) is 0 Å². The molecule has 1 aromatic carbocycles. The fourth-order valence-electron chi connectivity index (χ4n) is 2.11. The summed E-state index contributed by atoms with van der Waals surface area (Å²) in [7, 11) is 0. The summed E-state index contributed by atoms with van der Waals surface area (Å²) in [5.41, 5.74) is 1.18. The van der Waals surface area contributed by atoms with Crippen LogP contribution in [-0.4, -0.2) is 30.1 Å². The first-order chi connectivity index (χ1) is 8.18. The molecule has 92 valence electrons. The first kappa shape index (κ1) is 11.9. The Morgan fingerprint density at radius 2 is 2.35 bits per heavy atom. The number of piperidine rings is 1. The number of phenolic OH excluding ortho intramolecular Hbond substituents is 1. The van der Waals surface area contributed by atoms with Gasteiger partial charge in [-0.15, -0.1) is 0 Å². The van der Waals surface area contributed by atoms with Crippen molar-refractivity contribution in [3.63, 3.8) is 0 Å². The number of hydrogen-bond acceptors (Lipinski definition) is 3. The molecule has 1 aromatic rings. The molecule has 1 aliphatic heterocycles. The number of carbonyl (C=O) groups excluding carboxylic acids is 1. The second-order valence-corrected chi connectivity index (χ2v) is 4.47. The van der Waals surface area contributed by atoms with Crippen LogP contribution in [0.4, 0.5) is 0 Å². The van der Waals surface area contributed by atoms with E-state index in [1.807, 2.05) is 0 Å². The van der Waals surface area contributed by atoms with Crippen molar-refractivity contribution in [1.29, 1.82) is 0 Å². The lowest BCUT2D eigenvalue weighted by Crippen LogP contribution is -2.45. The highest BCUT2D eigenvalue weighted by Gasteiger charge is 2.18. The standard InChI is InChI=1S/C13H18N2O2/c1-9-11(5-2-6-12(9)16)13(17)15-10-4-3-7-14-8-10/h2,5-6,10,14,16H,3-4,7-8H2,1H3,(H,15,17)/t10-/m1/s1. The number of phenols is 1. The first-order valence-electron chi connectivity index (χ1n) is 5.98. The van der Waals surface area contributed by atoms with Crippen LogP contribution in [0.15, 0.2) is 18.2 Å². The van der Waals surface area contributed by atoms with Gasteiger partial charge in [-0.25, -0.2) is 0 Å². The van der Waals surface area contributed by atoms with E-state index >= 15 is 0 Å². The summed E-state index contributed by atoms with van der Waals surface area (Å²) in [6, 6.07) is 5.21. The van der Waals surface area contributed by atoms with Gasteiger partial charge in [0.15, 0.2) is 0 Å². The summed E-state index contributed by atoms with van der Waals surface area (Å²) in [5.74, 6) is 0.0616. The SMILES string of the molecule is Cc1c(O)cccc1C(=O)N[C@@H]1CCCNC1. The van der Waals surface area contributed by atoms with Gasteiger partial charge < -0.3 is 15.7 Å². The van der Waals surface area contributed by atoms with Crippen LogP contribution in [0.5, 0.6) is 5.75 Å². The molecule has 4 heteroatoms. The molecule has 1 aliphatic rings. The summed E-state index contributed by atoms with van der Waals surface area (Å²) >= 11 is 0. The van der Waals surface area contributed by atoms with Crippen LogP contribution in [0.3, 0.4) is 0 Å². The molecular weight excluding hydrogens is 216 g/mol. The highest BCUT2D eigenvalue weighted by atomic mass is 16.3. The Labute approximate surface area is 101 Å². The van der Waals surface area contributed by atoms with Crippen molar-refractivity contribution >= 4 is 5.91 Å². The maximum Gasteiger partial charge on any atom is 0.251 e. The van der Waals surface area contributed by atoms with Gasteiger partial charge in [-0.1, -0.05) is 6.07 Å². The molecule has 1 atom stereocenters. The Morgan fingerprint density at radius 3 is 3.06 bits per heavy atom. The van der Waals surface area contributed by atoms with E-state index in [0.717, 1.165) is 25.9 Å². The Bertz CT molecular complexity index is 412. The molecule has 0 bridgehead atoms. The van der Waals surface area contributed by atoms with E-state index in [2.05, 4.69) is 10.6 Å². The Morgan fingerprint density at radius 1 is 1.53 bits per heavy atom. The molecule has 1 fully saturated rings. The van der Waals surface area contributed by atoms with E-state index in [-0.39, 0.29) is 17.7 Å². The lowest BCUT2D eigenvalue weighted by molar-refractivity contribution is 0.0929. The number of amides is 1. The molecule has 17 heavy (non-hydrogen) atoms. The molecular formula is C13H18N2O2. The van der Waals surface area contributed by atoms with E-state index in [9.17, 15) is 9.90 Å². The van der Waals surface area contributed by atoms with Crippen LogP contribution in [0.1, 0.15) is 28.8 Å². The summed E-state index contributed by atoms with van der Waals surface area (Å²) < 4.78 is 0. The summed E-state index contributed by atoms with van der Waals surface area (Å²) in [5, 5.41) is 15.8. The van der Waals surface area contributed by atoms with Crippen LogP contribution in [0.2, 0.25) is 0 Å². The van der Waals surface area contributed by atoms with Gasteiger partial charge in [0, 0.05) is 23.7 Å². The second kappa shape index (κ2) is 5.19. The number of benzene rings is 1. The third-order valence-electron chi connectivity index (χ3n) is 3.18. The van der Waals surface area contributed by atoms with E-state index in [1.54, 1.807) is 25.1 Å².